The molecule has 1 aromatic carbocycles. The fourth-order valence-electron chi connectivity index (χ4n) is 4.30. The zero-order chi connectivity index (χ0) is 23.8. The number of aromatic nitrogens is 3. The van der Waals surface area contributed by atoms with Crippen LogP contribution in [0.25, 0.3) is 21.6 Å². The Bertz CT molecular complexity index is 1390. The molecule has 1 aliphatic heterocycles. The molecule has 9 heteroatoms. The van der Waals surface area contributed by atoms with Crippen molar-refractivity contribution >= 4 is 40.0 Å². The van der Waals surface area contributed by atoms with Gasteiger partial charge < -0.3 is 14.8 Å². The number of rotatable bonds is 4. The molecule has 1 N–H and O–H groups in total. The van der Waals surface area contributed by atoms with Gasteiger partial charge in [-0.25, -0.2) is 4.98 Å². The maximum absolute atomic E-state index is 13.2. The van der Waals surface area contributed by atoms with E-state index in [1.807, 2.05) is 38.1 Å². The van der Waals surface area contributed by atoms with E-state index in [-0.39, 0.29) is 17.5 Å². The number of aromatic amines is 1. The van der Waals surface area contributed by atoms with E-state index in [0.717, 1.165) is 15.4 Å². The number of pyridine rings is 1. The summed E-state index contributed by atoms with van der Waals surface area (Å²) < 4.78 is 0. The average molecular weight is 474 g/mol. The largest absolute Gasteiger partial charge is 0.359 e. The zero-order valence-electron chi connectivity index (χ0n) is 18.8. The molecule has 1 atom stereocenters. The number of ketones is 1. The predicted octanol–water partition coefficient (Wildman–Crippen LogP) is 3.55. The Hall–Kier alpha value is -3.85. The van der Waals surface area contributed by atoms with Gasteiger partial charge in [-0.05, 0) is 32.0 Å². The van der Waals surface area contributed by atoms with E-state index in [4.69, 9.17) is 0 Å². The van der Waals surface area contributed by atoms with Crippen molar-refractivity contribution in [3.8, 4) is 10.6 Å². The number of Topliss-reactive ketones (excluding diaryl/α,β-unsaturated/α-hetero) is 1. The molecule has 4 heterocycles. The van der Waals surface area contributed by atoms with Gasteiger partial charge in [-0.3, -0.25) is 19.4 Å². The van der Waals surface area contributed by atoms with Gasteiger partial charge in [0.2, 0.25) is 0 Å². The molecule has 0 radical (unpaired) electrons. The van der Waals surface area contributed by atoms with Crippen LogP contribution in [0.15, 0.2) is 55.0 Å². The first kappa shape index (κ1) is 22.0. The van der Waals surface area contributed by atoms with Crippen LogP contribution in [0.2, 0.25) is 0 Å². The summed E-state index contributed by atoms with van der Waals surface area (Å²) in [4.78, 5) is 55.4. The van der Waals surface area contributed by atoms with Crippen LogP contribution in [0.4, 0.5) is 0 Å². The Morgan fingerprint density at radius 1 is 1.09 bits per heavy atom. The summed E-state index contributed by atoms with van der Waals surface area (Å²) in [5.41, 5.74) is 2.83. The first-order valence-corrected chi connectivity index (χ1v) is 11.8. The third-order valence-corrected chi connectivity index (χ3v) is 7.00. The van der Waals surface area contributed by atoms with Gasteiger partial charge in [0.25, 0.3) is 17.6 Å². The minimum atomic E-state index is -0.610. The van der Waals surface area contributed by atoms with Crippen molar-refractivity contribution in [2.45, 2.75) is 19.9 Å². The molecule has 2 amide bonds. The summed E-state index contributed by atoms with van der Waals surface area (Å²) >= 11 is 1.55. The van der Waals surface area contributed by atoms with Gasteiger partial charge in [-0.1, -0.05) is 18.2 Å². The average Bonchev–Trinajstić information content (AvgIpc) is 3.49. The first-order valence-electron chi connectivity index (χ1n) is 11.0. The monoisotopic (exact) mass is 473 g/mol. The summed E-state index contributed by atoms with van der Waals surface area (Å²) in [7, 11) is 0. The van der Waals surface area contributed by atoms with Crippen molar-refractivity contribution in [3.05, 3.63) is 71.0 Å². The highest BCUT2D eigenvalue weighted by Crippen LogP contribution is 2.31. The third-order valence-electron chi connectivity index (χ3n) is 6.05. The highest BCUT2D eigenvalue weighted by molar-refractivity contribution is 7.15. The molecule has 34 heavy (non-hydrogen) atoms. The number of fused-ring (bicyclic) bond motifs is 1. The molecule has 3 aromatic heterocycles. The quantitative estimate of drug-likeness (QED) is 0.361. The van der Waals surface area contributed by atoms with Crippen LogP contribution in [0, 0.1) is 6.92 Å². The number of piperazine rings is 1. The number of thiazole rings is 1. The molecule has 0 aliphatic carbocycles. The number of aryl methyl sites for hydroxylation is 1. The van der Waals surface area contributed by atoms with Gasteiger partial charge in [-0.2, -0.15) is 0 Å². The van der Waals surface area contributed by atoms with Crippen LogP contribution in [0.1, 0.15) is 32.5 Å². The lowest BCUT2D eigenvalue weighted by Crippen LogP contribution is -2.56. The van der Waals surface area contributed by atoms with Crippen LogP contribution in [0.5, 0.6) is 0 Å². The molecule has 0 saturated carbocycles. The smallest absolute Gasteiger partial charge is 0.295 e. The number of H-pyrrole nitrogens is 1. The molecule has 172 valence electrons. The first-order chi connectivity index (χ1) is 16.4. The number of hydrogen-bond acceptors (Lipinski definition) is 6. The van der Waals surface area contributed by atoms with E-state index in [2.05, 4.69) is 15.0 Å². The summed E-state index contributed by atoms with van der Waals surface area (Å²) in [5, 5.41) is 0.824. The lowest BCUT2D eigenvalue weighted by Gasteiger charge is -2.39. The highest BCUT2D eigenvalue weighted by atomic mass is 32.1. The standard InChI is InChI=1S/C25H23N5O3S/c1-15-14-29(10-11-30(15)24(32)17-6-4-3-5-7-17)25(33)22(31)19-13-27-20-18(8-9-26-21(19)20)23-28-12-16(2)34-23/h3-9,12-13,15,27H,10-11,14H2,1-2H3/t15-/m1/s1. The minimum Gasteiger partial charge on any atom is -0.359 e. The molecule has 8 nitrogen and oxygen atoms in total. The lowest BCUT2D eigenvalue weighted by atomic mass is 10.1. The Balaban J connectivity index is 1.34. The molecule has 5 rings (SSSR count). The minimum absolute atomic E-state index is 0.0719. The van der Waals surface area contributed by atoms with Crippen LogP contribution < -0.4 is 0 Å². The van der Waals surface area contributed by atoms with Crippen LogP contribution in [0.3, 0.4) is 0 Å². The third kappa shape index (κ3) is 3.88. The van der Waals surface area contributed by atoms with Crippen molar-refractivity contribution in [1.82, 2.24) is 24.8 Å². The summed E-state index contributed by atoms with van der Waals surface area (Å²) in [6.45, 7) is 4.83. The number of carbonyl (C=O) groups excluding carboxylic acids is 3. The Morgan fingerprint density at radius 2 is 1.88 bits per heavy atom. The van der Waals surface area contributed by atoms with Gasteiger partial charge in [-0.15, -0.1) is 11.3 Å². The van der Waals surface area contributed by atoms with Crippen molar-refractivity contribution < 1.29 is 14.4 Å². The van der Waals surface area contributed by atoms with Gasteiger partial charge in [0.15, 0.2) is 0 Å². The number of carbonyl (C=O) groups is 3. The second kappa shape index (κ2) is 8.83. The molecule has 1 fully saturated rings. The van der Waals surface area contributed by atoms with Crippen molar-refractivity contribution in [2.75, 3.05) is 19.6 Å². The summed E-state index contributed by atoms with van der Waals surface area (Å²) in [6.07, 6.45) is 4.97. The SMILES string of the molecule is Cc1cnc(-c2ccnc3c(C(=O)C(=O)N4CCN(C(=O)c5ccccc5)[C@H](C)C4)c[nH]c23)s1. The highest BCUT2D eigenvalue weighted by Gasteiger charge is 2.34. The second-order valence-electron chi connectivity index (χ2n) is 8.35. The topological polar surface area (TPSA) is 99.3 Å². The molecule has 4 aromatic rings. The molecule has 0 bridgehead atoms. The van der Waals surface area contributed by atoms with Crippen molar-refractivity contribution in [3.63, 3.8) is 0 Å². The van der Waals surface area contributed by atoms with E-state index < -0.39 is 11.7 Å². The van der Waals surface area contributed by atoms with Gasteiger partial charge in [0, 0.05) is 60.3 Å². The molecule has 1 saturated heterocycles. The summed E-state index contributed by atoms with van der Waals surface area (Å²) in [6, 6.07) is 10.7. The van der Waals surface area contributed by atoms with Crippen molar-refractivity contribution in [2.24, 2.45) is 0 Å². The van der Waals surface area contributed by atoms with Crippen molar-refractivity contribution in [1.29, 1.82) is 0 Å². The molecular weight excluding hydrogens is 450 g/mol. The second-order valence-corrected chi connectivity index (χ2v) is 9.59. The van der Waals surface area contributed by atoms with E-state index in [1.165, 1.54) is 4.90 Å². The Labute approximate surface area is 200 Å². The van der Waals surface area contributed by atoms with E-state index >= 15 is 0 Å². The maximum Gasteiger partial charge on any atom is 0.295 e. The van der Waals surface area contributed by atoms with Gasteiger partial charge >= 0.3 is 0 Å². The molecule has 1 aliphatic rings. The number of benzene rings is 1. The zero-order valence-corrected chi connectivity index (χ0v) is 19.6. The fourth-order valence-corrected chi connectivity index (χ4v) is 5.10. The molecular formula is C25H23N5O3S. The number of nitrogens with zero attached hydrogens (tertiary/aromatic N) is 4. The predicted molar refractivity (Wildman–Crippen MR) is 130 cm³/mol. The molecule has 0 unspecified atom stereocenters. The number of nitrogens with one attached hydrogen (secondary N) is 1. The number of hydrogen-bond donors (Lipinski definition) is 1. The van der Waals surface area contributed by atoms with Crippen LogP contribution in [-0.2, 0) is 4.79 Å². The summed E-state index contributed by atoms with van der Waals surface area (Å²) in [5.74, 6) is -1.27. The number of amides is 2. The van der Waals surface area contributed by atoms with Gasteiger partial charge in [0.1, 0.15) is 5.01 Å². The lowest BCUT2D eigenvalue weighted by molar-refractivity contribution is -0.128. The van der Waals surface area contributed by atoms with E-state index in [1.54, 1.807) is 47.0 Å². The van der Waals surface area contributed by atoms with E-state index in [0.29, 0.717) is 36.2 Å². The van der Waals surface area contributed by atoms with Crippen LogP contribution >= 0.6 is 11.3 Å². The van der Waals surface area contributed by atoms with E-state index in [9.17, 15) is 14.4 Å². The fraction of sp³-hybridized carbons (Fsp3) is 0.240. The van der Waals surface area contributed by atoms with Gasteiger partial charge in [0.05, 0.1) is 16.6 Å². The maximum atomic E-state index is 13.2. The molecule has 0 spiro atoms. The normalized spacial score (nSPS) is 16.1. The Kier molecular flexibility index (Phi) is 5.70. The Morgan fingerprint density at radius 3 is 2.59 bits per heavy atom. The van der Waals surface area contributed by atoms with Crippen LogP contribution in [-0.4, -0.2) is 68.0 Å².